The summed E-state index contributed by atoms with van der Waals surface area (Å²) in [5.74, 6) is 0.283. The van der Waals surface area contributed by atoms with Gasteiger partial charge in [-0.25, -0.2) is 0 Å². The lowest BCUT2D eigenvalue weighted by Gasteiger charge is -2.18. The SMILES string of the molecule is CCC(C)C(N)C(=O)NCc1cccc(CN2CCCC2=O)c1.Cl. The maximum absolute atomic E-state index is 12.0. The molecule has 1 heterocycles. The highest BCUT2D eigenvalue weighted by Gasteiger charge is 2.20. The molecular weight excluding hydrogens is 326 g/mol. The van der Waals surface area contributed by atoms with Gasteiger partial charge in [-0.3, -0.25) is 9.59 Å². The van der Waals surface area contributed by atoms with Crippen LogP contribution in [0.4, 0.5) is 0 Å². The van der Waals surface area contributed by atoms with Gasteiger partial charge in [0.2, 0.25) is 11.8 Å². The van der Waals surface area contributed by atoms with Gasteiger partial charge in [0, 0.05) is 26.1 Å². The van der Waals surface area contributed by atoms with E-state index < -0.39 is 6.04 Å². The molecule has 1 saturated heterocycles. The zero-order valence-electron chi connectivity index (χ0n) is 14.5. The van der Waals surface area contributed by atoms with Crippen LogP contribution in [0.5, 0.6) is 0 Å². The molecule has 6 heteroatoms. The minimum absolute atomic E-state index is 0. The van der Waals surface area contributed by atoms with Crippen molar-refractivity contribution in [3.8, 4) is 0 Å². The van der Waals surface area contributed by atoms with Crippen LogP contribution in [-0.4, -0.2) is 29.3 Å². The molecule has 3 N–H and O–H groups in total. The Morgan fingerprint density at radius 2 is 2.08 bits per heavy atom. The fourth-order valence-electron chi connectivity index (χ4n) is 2.75. The van der Waals surface area contributed by atoms with E-state index in [-0.39, 0.29) is 30.1 Å². The number of amides is 2. The summed E-state index contributed by atoms with van der Waals surface area (Å²) in [5, 5.41) is 2.90. The van der Waals surface area contributed by atoms with E-state index in [1.165, 1.54) is 0 Å². The van der Waals surface area contributed by atoms with E-state index in [2.05, 4.69) is 5.32 Å². The third-order valence-electron chi connectivity index (χ3n) is 4.56. The molecule has 0 radical (unpaired) electrons. The molecule has 0 aromatic heterocycles. The molecule has 2 amide bonds. The van der Waals surface area contributed by atoms with Gasteiger partial charge in [0.05, 0.1) is 6.04 Å². The van der Waals surface area contributed by atoms with Crippen molar-refractivity contribution in [2.24, 2.45) is 11.7 Å². The zero-order valence-corrected chi connectivity index (χ0v) is 15.3. The highest BCUT2D eigenvalue weighted by Crippen LogP contribution is 2.15. The average Bonchev–Trinajstić information content (AvgIpc) is 2.96. The summed E-state index contributed by atoms with van der Waals surface area (Å²) in [7, 11) is 0. The molecule has 0 saturated carbocycles. The lowest BCUT2D eigenvalue weighted by Crippen LogP contribution is -2.44. The molecule has 0 aliphatic carbocycles. The Kier molecular flexibility index (Phi) is 8.22. The van der Waals surface area contributed by atoms with Crippen molar-refractivity contribution in [2.45, 2.75) is 52.2 Å². The first-order valence-electron chi connectivity index (χ1n) is 8.40. The van der Waals surface area contributed by atoms with E-state index in [1.54, 1.807) is 0 Å². The van der Waals surface area contributed by atoms with Gasteiger partial charge in [-0.15, -0.1) is 12.4 Å². The summed E-state index contributed by atoms with van der Waals surface area (Å²) in [6.45, 7) is 5.96. The topological polar surface area (TPSA) is 75.4 Å². The number of halogens is 1. The van der Waals surface area contributed by atoms with Crippen molar-refractivity contribution in [1.82, 2.24) is 10.2 Å². The minimum atomic E-state index is -0.467. The van der Waals surface area contributed by atoms with Crippen LogP contribution < -0.4 is 11.1 Å². The fraction of sp³-hybridized carbons (Fsp3) is 0.556. The number of hydrogen-bond acceptors (Lipinski definition) is 3. The summed E-state index contributed by atoms with van der Waals surface area (Å²) >= 11 is 0. The number of nitrogens with zero attached hydrogens (tertiary/aromatic N) is 1. The maximum atomic E-state index is 12.0. The van der Waals surface area contributed by atoms with Crippen molar-refractivity contribution in [2.75, 3.05) is 6.54 Å². The number of nitrogens with one attached hydrogen (secondary N) is 1. The zero-order chi connectivity index (χ0) is 16.8. The Balaban J connectivity index is 0.00000288. The Labute approximate surface area is 150 Å². The fourth-order valence-corrected chi connectivity index (χ4v) is 2.75. The number of benzene rings is 1. The molecule has 1 fully saturated rings. The molecule has 1 aliphatic rings. The monoisotopic (exact) mass is 353 g/mol. The second-order valence-electron chi connectivity index (χ2n) is 6.37. The second-order valence-corrected chi connectivity index (χ2v) is 6.37. The Hall–Kier alpha value is -1.59. The van der Waals surface area contributed by atoms with E-state index in [1.807, 2.05) is 43.0 Å². The first kappa shape index (κ1) is 20.5. The van der Waals surface area contributed by atoms with Gasteiger partial charge >= 0.3 is 0 Å². The summed E-state index contributed by atoms with van der Waals surface area (Å²) in [4.78, 5) is 25.6. The molecule has 134 valence electrons. The van der Waals surface area contributed by atoms with Crippen LogP contribution in [0.25, 0.3) is 0 Å². The van der Waals surface area contributed by atoms with Gasteiger partial charge in [0.15, 0.2) is 0 Å². The van der Waals surface area contributed by atoms with Crippen molar-refractivity contribution in [1.29, 1.82) is 0 Å². The summed E-state index contributed by atoms with van der Waals surface area (Å²) < 4.78 is 0. The average molecular weight is 354 g/mol. The smallest absolute Gasteiger partial charge is 0.237 e. The van der Waals surface area contributed by atoms with E-state index >= 15 is 0 Å². The number of nitrogens with two attached hydrogens (primary N) is 1. The van der Waals surface area contributed by atoms with E-state index in [9.17, 15) is 9.59 Å². The van der Waals surface area contributed by atoms with E-state index in [0.29, 0.717) is 19.5 Å². The molecule has 0 bridgehead atoms. The Morgan fingerprint density at radius 1 is 1.38 bits per heavy atom. The highest BCUT2D eigenvalue weighted by molar-refractivity contribution is 5.85. The standard InChI is InChI=1S/C18H27N3O2.ClH/c1-3-13(2)17(19)18(23)20-11-14-6-4-7-15(10-14)12-21-9-5-8-16(21)22;/h4,6-7,10,13,17H,3,5,8-9,11-12,19H2,1-2H3,(H,20,23);1H. The summed E-state index contributed by atoms with van der Waals surface area (Å²) in [6, 6.07) is 7.53. The van der Waals surface area contributed by atoms with E-state index in [0.717, 1.165) is 30.5 Å². The molecule has 2 unspecified atom stereocenters. The Bertz CT molecular complexity index is 565. The molecule has 1 aliphatic heterocycles. The van der Waals surface area contributed by atoms with Gasteiger partial charge < -0.3 is 16.0 Å². The molecule has 1 aromatic carbocycles. The van der Waals surface area contributed by atoms with Crippen molar-refractivity contribution >= 4 is 24.2 Å². The number of likely N-dealkylation sites (tertiary alicyclic amines) is 1. The quantitative estimate of drug-likeness (QED) is 0.789. The predicted octanol–water partition coefficient (Wildman–Crippen LogP) is 2.22. The highest BCUT2D eigenvalue weighted by atomic mass is 35.5. The number of rotatable bonds is 7. The third kappa shape index (κ3) is 5.49. The molecule has 5 nitrogen and oxygen atoms in total. The maximum Gasteiger partial charge on any atom is 0.237 e. The molecule has 2 rings (SSSR count). The van der Waals surface area contributed by atoms with Crippen LogP contribution >= 0.6 is 12.4 Å². The van der Waals surface area contributed by atoms with Gasteiger partial charge in [0.25, 0.3) is 0 Å². The largest absolute Gasteiger partial charge is 0.351 e. The van der Waals surface area contributed by atoms with Crippen molar-refractivity contribution in [3.63, 3.8) is 0 Å². The van der Waals surface area contributed by atoms with Crippen LogP contribution in [0.15, 0.2) is 24.3 Å². The van der Waals surface area contributed by atoms with Gasteiger partial charge in [0.1, 0.15) is 0 Å². The number of hydrogen-bond donors (Lipinski definition) is 2. The molecule has 1 aromatic rings. The molecule has 24 heavy (non-hydrogen) atoms. The van der Waals surface area contributed by atoms with E-state index in [4.69, 9.17) is 5.73 Å². The van der Waals surface area contributed by atoms with Crippen LogP contribution in [0.2, 0.25) is 0 Å². The van der Waals surface area contributed by atoms with Crippen LogP contribution in [-0.2, 0) is 22.7 Å². The molecule has 2 atom stereocenters. The van der Waals surface area contributed by atoms with Crippen LogP contribution in [0.1, 0.15) is 44.2 Å². The third-order valence-corrected chi connectivity index (χ3v) is 4.56. The number of carbonyl (C=O) groups is 2. The van der Waals surface area contributed by atoms with Crippen LogP contribution in [0, 0.1) is 5.92 Å². The van der Waals surface area contributed by atoms with Gasteiger partial charge in [-0.1, -0.05) is 44.5 Å². The Morgan fingerprint density at radius 3 is 2.71 bits per heavy atom. The molecular formula is C18H28ClN3O2. The first-order chi connectivity index (χ1) is 11.0. The van der Waals surface area contributed by atoms with Gasteiger partial charge in [-0.2, -0.15) is 0 Å². The van der Waals surface area contributed by atoms with Gasteiger partial charge in [-0.05, 0) is 23.5 Å². The summed E-state index contributed by atoms with van der Waals surface area (Å²) in [6.07, 6.45) is 2.49. The van der Waals surface area contributed by atoms with Crippen molar-refractivity contribution in [3.05, 3.63) is 35.4 Å². The lowest BCUT2D eigenvalue weighted by atomic mass is 9.99. The summed E-state index contributed by atoms with van der Waals surface area (Å²) in [5.41, 5.74) is 8.06. The van der Waals surface area contributed by atoms with Crippen LogP contribution in [0.3, 0.4) is 0 Å². The first-order valence-corrected chi connectivity index (χ1v) is 8.40. The number of carbonyl (C=O) groups excluding carboxylic acids is 2. The normalized spacial score (nSPS) is 16.5. The molecule has 0 spiro atoms. The lowest BCUT2D eigenvalue weighted by molar-refractivity contribution is -0.128. The second kappa shape index (κ2) is 9.64. The van der Waals surface area contributed by atoms with Crippen molar-refractivity contribution < 1.29 is 9.59 Å². The predicted molar refractivity (Wildman–Crippen MR) is 97.6 cm³/mol. The minimum Gasteiger partial charge on any atom is -0.351 e.